The maximum atomic E-state index is 5.50. The maximum absolute atomic E-state index is 5.50. The lowest BCUT2D eigenvalue weighted by Crippen LogP contribution is -1.99. The first-order chi connectivity index (χ1) is 11.5. The standard InChI is InChI=1S/C23H36O/c1-5-19-24-20-11-9-7-6-8-10-12-21-13-15-22(16-14-21)17-18-23(2,3)4/h13-16H,5-12,19-20H2,1-4H3. The summed E-state index contributed by atoms with van der Waals surface area (Å²) in [6.07, 6.45) is 10.2. The molecule has 0 saturated carbocycles. The normalized spacial score (nSPS) is 11.2. The van der Waals surface area contributed by atoms with Crippen LogP contribution in [-0.4, -0.2) is 13.2 Å². The summed E-state index contributed by atoms with van der Waals surface area (Å²) < 4.78 is 5.50. The lowest BCUT2D eigenvalue weighted by molar-refractivity contribution is 0.130. The van der Waals surface area contributed by atoms with Gasteiger partial charge in [0, 0.05) is 24.2 Å². The molecule has 0 fully saturated rings. The van der Waals surface area contributed by atoms with Crippen molar-refractivity contribution >= 4 is 0 Å². The van der Waals surface area contributed by atoms with Gasteiger partial charge in [0.05, 0.1) is 0 Å². The molecule has 0 aliphatic heterocycles. The first kappa shape index (κ1) is 20.8. The molecule has 1 heteroatoms. The lowest BCUT2D eigenvalue weighted by Gasteiger charge is -2.07. The zero-order chi connectivity index (χ0) is 17.7. The van der Waals surface area contributed by atoms with Crippen LogP contribution in [0.1, 0.15) is 83.8 Å². The molecule has 0 aliphatic carbocycles. The van der Waals surface area contributed by atoms with Gasteiger partial charge < -0.3 is 4.74 Å². The number of hydrogen-bond acceptors (Lipinski definition) is 1. The molecule has 0 heterocycles. The van der Waals surface area contributed by atoms with Crippen molar-refractivity contribution < 1.29 is 4.74 Å². The van der Waals surface area contributed by atoms with Crippen molar-refractivity contribution in [2.45, 2.75) is 79.1 Å². The van der Waals surface area contributed by atoms with E-state index in [0.29, 0.717) is 0 Å². The van der Waals surface area contributed by atoms with Crippen LogP contribution in [0.15, 0.2) is 24.3 Å². The van der Waals surface area contributed by atoms with Crippen LogP contribution in [0.2, 0.25) is 0 Å². The van der Waals surface area contributed by atoms with Crippen LogP contribution >= 0.6 is 0 Å². The smallest absolute Gasteiger partial charge is 0.0466 e. The molecule has 0 radical (unpaired) electrons. The Hall–Kier alpha value is -1.26. The molecule has 0 spiro atoms. The van der Waals surface area contributed by atoms with Gasteiger partial charge in [-0.2, -0.15) is 0 Å². The van der Waals surface area contributed by atoms with Crippen LogP contribution in [-0.2, 0) is 11.2 Å². The summed E-state index contributed by atoms with van der Waals surface area (Å²) >= 11 is 0. The van der Waals surface area contributed by atoms with Gasteiger partial charge in [0.1, 0.15) is 0 Å². The summed E-state index contributed by atoms with van der Waals surface area (Å²) in [7, 11) is 0. The number of rotatable bonds is 11. The third kappa shape index (κ3) is 11.3. The molecule has 24 heavy (non-hydrogen) atoms. The van der Waals surface area contributed by atoms with E-state index >= 15 is 0 Å². The van der Waals surface area contributed by atoms with Crippen LogP contribution in [0.4, 0.5) is 0 Å². The van der Waals surface area contributed by atoms with Crippen molar-refractivity contribution in [1.29, 1.82) is 0 Å². The molecule has 1 nitrogen and oxygen atoms in total. The number of unbranched alkanes of at least 4 members (excludes halogenated alkanes) is 5. The Labute approximate surface area is 150 Å². The predicted octanol–water partition coefficient (Wildman–Crippen LogP) is 6.39. The second kappa shape index (κ2) is 12.2. The highest BCUT2D eigenvalue weighted by atomic mass is 16.5. The van der Waals surface area contributed by atoms with Gasteiger partial charge in [0.25, 0.3) is 0 Å². The monoisotopic (exact) mass is 328 g/mol. The molecule has 1 rings (SSSR count). The van der Waals surface area contributed by atoms with E-state index in [2.05, 4.69) is 63.8 Å². The highest BCUT2D eigenvalue weighted by Crippen LogP contribution is 2.13. The van der Waals surface area contributed by atoms with Gasteiger partial charge in [0.15, 0.2) is 0 Å². The molecule has 0 unspecified atom stereocenters. The average Bonchev–Trinajstić information content (AvgIpc) is 2.55. The Morgan fingerprint density at radius 1 is 0.833 bits per heavy atom. The van der Waals surface area contributed by atoms with E-state index in [9.17, 15) is 0 Å². The van der Waals surface area contributed by atoms with Gasteiger partial charge in [-0.3, -0.25) is 0 Å². The van der Waals surface area contributed by atoms with Gasteiger partial charge in [-0.25, -0.2) is 0 Å². The van der Waals surface area contributed by atoms with E-state index in [1.165, 1.54) is 50.5 Å². The number of benzene rings is 1. The molecule has 0 bridgehead atoms. The fraction of sp³-hybridized carbons (Fsp3) is 0.652. The van der Waals surface area contributed by atoms with Gasteiger partial charge in [0.2, 0.25) is 0 Å². The topological polar surface area (TPSA) is 9.23 Å². The summed E-state index contributed by atoms with van der Waals surface area (Å²) in [5, 5.41) is 0. The van der Waals surface area contributed by atoms with Crippen LogP contribution in [0, 0.1) is 17.3 Å². The molecule has 0 N–H and O–H groups in total. The zero-order valence-corrected chi connectivity index (χ0v) is 16.3. The Kier molecular flexibility index (Phi) is 10.5. The number of hydrogen-bond donors (Lipinski definition) is 0. The predicted molar refractivity (Wildman–Crippen MR) is 105 cm³/mol. The van der Waals surface area contributed by atoms with E-state index in [1.54, 1.807) is 0 Å². The summed E-state index contributed by atoms with van der Waals surface area (Å²) in [6.45, 7) is 10.5. The lowest BCUT2D eigenvalue weighted by atomic mass is 9.97. The minimum absolute atomic E-state index is 0.0702. The van der Waals surface area contributed by atoms with Crippen molar-refractivity contribution in [2.75, 3.05) is 13.2 Å². The number of aryl methyl sites for hydroxylation is 1. The molecular formula is C23H36O. The van der Waals surface area contributed by atoms with Gasteiger partial charge >= 0.3 is 0 Å². The summed E-state index contributed by atoms with van der Waals surface area (Å²) in [4.78, 5) is 0. The van der Waals surface area contributed by atoms with Crippen LogP contribution < -0.4 is 0 Å². The molecular weight excluding hydrogens is 292 g/mol. The first-order valence-electron chi connectivity index (χ1n) is 9.71. The fourth-order valence-electron chi connectivity index (χ4n) is 2.50. The van der Waals surface area contributed by atoms with Crippen molar-refractivity contribution in [3.05, 3.63) is 35.4 Å². The Bertz CT molecular complexity index is 481. The van der Waals surface area contributed by atoms with Crippen molar-refractivity contribution in [2.24, 2.45) is 5.41 Å². The third-order valence-corrected chi connectivity index (χ3v) is 3.89. The quantitative estimate of drug-likeness (QED) is 0.337. The number of ether oxygens (including phenoxy) is 1. The largest absolute Gasteiger partial charge is 0.381 e. The van der Waals surface area contributed by atoms with Gasteiger partial charge in [-0.05, 0) is 64.2 Å². The Balaban J connectivity index is 2.10. The van der Waals surface area contributed by atoms with E-state index in [4.69, 9.17) is 4.74 Å². The van der Waals surface area contributed by atoms with Gasteiger partial charge in [-0.1, -0.05) is 56.6 Å². The van der Waals surface area contributed by atoms with Crippen molar-refractivity contribution in [3.8, 4) is 11.8 Å². The van der Waals surface area contributed by atoms with Crippen LogP contribution in [0.5, 0.6) is 0 Å². The van der Waals surface area contributed by atoms with E-state index in [0.717, 1.165) is 25.2 Å². The second-order valence-electron chi connectivity index (χ2n) is 7.68. The van der Waals surface area contributed by atoms with Crippen molar-refractivity contribution in [3.63, 3.8) is 0 Å². The average molecular weight is 329 g/mol. The van der Waals surface area contributed by atoms with Crippen LogP contribution in [0.25, 0.3) is 0 Å². The van der Waals surface area contributed by atoms with Crippen LogP contribution in [0.3, 0.4) is 0 Å². The van der Waals surface area contributed by atoms with E-state index < -0.39 is 0 Å². The third-order valence-electron chi connectivity index (χ3n) is 3.89. The SMILES string of the molecule is CCCOCCCCCCCCc1ccc(C#CC(C)(C)C)cc1. The Morgan fingerprint density at radius 2 is 1.46 bits per heavy atom. The Morgan fingerprint density at radius 3 is 2.08 bits per heavy atom. The molecule has 0 amide bonds. The molecule has 1 aromatic carbocycles. The molecule has 1 aromatic rings. The molecule has 134 valence electrons. The second-order valence-corrected chi connectivity index (χ2v) is 7.68. The van der Waals surface area contributed by atoms with Gasteiger partial charge in [-0.15, -0.1) is 0 Å². The summed E-state index contributed by atoms with van der Waals surface area (Å²) in [5.74, 6) is 6.55. The maximum Gasteiger partial charge on any atom is 0.0466 e. The minimum Gasteiger partial charge on any atom is -0.381 e. The highest BCUT2D eigenvalue weighted by Gasteiger charge is 2.03. The first-order valence-corrected chi connectivity index (χ1v) is 9.71. The van der Waals surface area contributed by atoms with Crippen molar-refractivity contribution in [1.82, 2.24) is 0 Å². The molecule has 0 saturated heterocycles. The fourth-order valence-corrected chi connectivity index (χ4v) is 2.50. The molecule has 0 atom stereocenters. The summed E-state index contributed by atoms with van der Waals surface area (Å²) in [5.41, 5.74) is 2.63. The van der Waals surface area contributed by atoms with E-state index in [1.807, 2.05) is 0 Å². The highest BCUT2D eigenvalue weighted by molar-refractivity contribution is 5.37. The van der Waals surface area contributed by atoms with E-state index in [-0.39, 0.29) is 5.41 Å². The molecule has 0 aliphatic rings. The summed E-state index contributed by atoms with van der Waals surface area (Å²) in [6, 6.07) is 8.78. The zero-order valence-electron chi connectivity index (χ0n) is 16.3. The molecule has 0 aromatic heterocycles. The minimum atomic E-state index is 0.0702.